The van der Waals surface area contributed by atoms with Gasteiger partial charge in [0, 0.05) is 13.1 Å². The molecular formula is C31H39N3O6S. The van der Waals surface area contributed by atoms with Gasteiger partial charge in [-0.3, -0.25) is 13.9 Å². The molecule has 0 aliphatic carbocycles. The minimum atomic E-state index is -4.19. The Balaban J connectivity index is 2.06. The van der Waals surface area contributed by atoms with Gasteiger partial charge in [0.2, 0.25) is 11.8 Å². The van der Waals surface area contributed by atoms with Crippen LogP contribution in [-0.4, -0.2) is 58.5 Å². The van der Waals surface area contributed by atoms with Crippen molar-refractivity contribution in [3.05, 3.63) is 83.9 Å². The van der Waals surface area contributed by atoms with Gasteiger partial charge in [0.25, 0.3) is 10.0 Å². The summed E-state index contributed by atoms with van der Waals surface area (Å²) in [6.07, 6.45) is 1.71. The fourth-order valence-corrected chi connectivity index (χ4v) is 5.75. The molecule has 3 aromatic rings. The van der Waals surface area contributed by atoms with Crippen molar-refractivity contribution in [2.75, 3.05) is 31.6 Å². The first-order valence-electron chi connectivity index (χ1n) is 13.5. The second-order valence-corrected chi connectivity index (χ2v) is 11.6. The number of nitrogens with one attached hydrogen (secondary N) is 1. The zero-order valence-corrected chi connectivity index (χ0v) is 25.1. The third kappa shape index (κ3) is 8.00. The first-order valence-corrected chi connectivity index (χ1v) is 15.0. The van der Waals surface area contributed by atoms with Gasteiger partial charge < -0.3 is 19.7 Å². The van der Waals surface area contributed by atoms with Crippen molar-refractivity contribution < 1.29 is 27.5 Å². The fraction of sp³-hybridized carbons (Fsp3) is 0.355. The normalized spacial score (nSPS) is 11.8. The van der Waals surface area contributed by atoms with Crippen molar-refractivity contribution >= 4 is 27.5 Å². The van der Waals surface area contributed by atoms with E-state index in [2.05, 4.69) is 5.32 Å². The molecule has 3 aromatic carbocycles. The number of nitrogens with zero attached hydrogens (tertiary/aromatic N) is 2. The average Bonchev–Trinajstić information content (AvgIpc) is 2.98. The van der Waals surface area contributed by atoms with Gasteiger partial charge in [-0.1, -0.05) is 49.7 Å². The van der Waals surface area contributed by atoms with E-state index in [1.54, 1.807) is 68.6 Å². The van der Waals surface area contributed by atoms with Crippen molar-refractivity contribution in [3.63, 3.8) is 0 Å². The number of anilines is 1. The highest BCUT2D eigenvalue weighted by Gasteiger charge is 2.33. The molecule has 9 nitrogen and oxygen atoms in total. The summed E-state index contributed by atoms with van der Waals surface area (Å²) in [7, 11) is -1.20. The maximum Gasteiger partial charge on any atom is 0.264 e. The molecule has 0 aromatic heterocycles. The first-order chi connectivity index (χ1) is 19.6. The van der Waals surface area contributed by atoms with Crippen molar-refractivity contribution in [1.29, 1.82) is 0 Å². The standard InChI is InChI=1S/C31H39N3O6S/c1-6-7-18-32-31(36)24(3)33(21-25-12-11-13-26(20-25)39-4)30(35)22-34(28-19-23(2)16-17-29(28)40-5)41(37,38)27-14-9-8-10-15-27/h8-17,19-20,24H,6-7,18,21-22H2,1-5H3,(H,32,36)/t24-/m1/s1. The van der Waals surface area contributed by atoms with Crippen molar-refractivity contribution in [2.45, 2.75) is 51.1 Å². The van der Waals surface area contributed by atoms with Crippen molar-refractivity contribution in [3.8, 4) is 11.5 Å². The van der Waals surface area contributed by atoms with E-state index in [9.17, 15) is 18.0 Å². The van der Waals surface area contributed by atoms with E-state index >= 15 is 0 Å². The third-order valence-corrected chi connectivity index (χ3v) is 8.47. The Kier molecular flexibility index (Phi) is 11.2. The second-order valence-electron chi connectivity index (χ2n) is 9.69. The molecule has 3 rings (SSSR count). The molecule has 0 spiro atoms. The van der Waals surface area contributed by atoms with E-state index in [0.717, 1.165) is 28.3 Å². The number of unbranched alkanes of at least 4 members (excludes halogenated alkanes) is 1. The van der Waals surface area contributed by atoms with E-state index in [0.29, 0.717) is 18.0 Å². The van der Waals surface area contributed by atoms with Crippen LogP contribution in [0.25, 0.3) is 0 Å². The fourth-order valence-electron chi connectivity index (χ4n) is 4.31. The maximum absolute atomic E-state index is 14.1. The van der Waals surface area contributed by atoms with Gasteiger partial charge >= 0.3 is 0 Å². The quantitative estimate of drug-likeness (QED) is 0.280. The number of benzene rings is 3. The summed E-state index contributed by atoms with van der Waals surface area (Å²) in [6.45, 7) is 5.50. The van der Waals surface area contributed by atoms with Gasteiger partial charge in [0.1, 0.15) is 24.1 Å². The molecule has 0 aliphatic rings. The highest BCUT2D eigenvalue weighted by atomic mass is 32.2. The van der Waals surface area contributed by atoms with Crippen LogP contribution in [0.1, 0.15) is 37.8 Å². The number of sulfonamides is 1. The van der Waals surface area contributed by atoms with Crippen LogP contribution in [0.4, 0.5) is 5.69 Å². The summed E-state index contributed by atoms with van der Waals surface area (Å²) < 4.78 is 39.9. The number of carbonyl (C=O) groups excluding carboxylic acids is 2. The van der Waals surface area contributed by atoms with Gasteiger partial charge in [-0.05, 0) is 67.8 Å². The number of ether oxygens (including phenoxy) is 2. The number of methoxy groups -OCH3 is 2. The van der Waals surface area contributed by atoms with Crippen LogP contribution in [0.15, 0.2) is 77.7 Å². The molecular weight excluding hydrogens is 542 g/mol. The Morgan fingerprint density at radius 1 is 0.951 bits per heavy atom. The average molecular weight is 582 g/mol. The van der Waals surface area contributed by atoms with Gasteiger partial charge in [-0.25, -0.2) is 8.42 Å². The summed E-state index contributed by atoms with van der Waals surface area (Å²) in [5.74, 6) is 0.0367. The summed E-state index contributed by atoms with van der Waals surface area (Å²) in [5, 5.41) is 2.88. The second kappa shape index (κ2) is 14.5. The molecule has 220 valence electrons. The molecule has 10 heteroatoms. The van der Waals surface area contributed by atoms with Crippen molar-refractivity contribution in [2.24, 2.45) is 0 Å². The molecule has 0 radical (unpaired) electrons. The third-order valence-electron chi connectivity index (χ3n) is 6.70. The largest absolute Gasteiger partial charge is 0.497 e. The van der Waals surface area contributed by atoms with Crippen LogP contribution in [0.5, 0.6) is 11.5 Å². The number of carbonyl (C=O) groups is 2. The number of hydrogen-bond donors (Lipinski definition) is 1. The molecule has 41 heavy (non-hydrogen) atoms. The summed E-state index contributed by atoms with van der Waals surface area (Å²) >= 11 is 0. The minimum absolute atomic E-state index is 0.0288. The summed E-state index contributed by atoms with van der Waals surface area (Å²) in [5.41, 5.74) is 1.75. The van der Waals surface area contributed by atoms with Crippen LogP contribution < -0.4 is 19.1 Å². The summed E-state index contributed by atoms with van der Waals surface area (Å²) in [4.78, 5) is 28.6. The number of aryl methyl sites for hydroxylation is 1. The maximum atomic E-state index is 14.1. The smallest absolute Gasteiger partial charge is 0.264 e. The van der Waals surface area contributed by atoms with E-state index in [-0.39, 0.29) is 23.0 Å². The Morgan fingerprint density at radius 2 is 1.68 bits per heavy atom. The lowest BCUT2D eigenvalue weighted by molar-refractivity contribution is -0.139. The lowest BCUT2D eigenvalue weighted by atomic mass is 10.1. The minimum Gasteiger partial charge on any atom is -0.497 e. The Hall–Kier alpha value is -4.05. The van der Waals surface area contributed by atoms with E-state index < -0.39 is 28.5 Å². The molecule has 0 aliphatic heterocycles. The topological polar surface area (TPSA) is 105 Å². The molecule has 0 saturated carbocycles. The van der Waals surface area contributed by atoms with Crippen LogP contribution in [-0.2, 0) is 26.2 Å². The monoisotopic (exact) mass is 581 g/mol. The Morgan fingerprint density at radius 3 is 2.34 bits per heavy atom. The highest BCUT2D eigenvalue weighted by molar-refractivity contribution is 7.92. The SMILES string of the molecule is CCCCNC(=O)[C@@H](C)N(Cc1cccc(OC)c1)C(=O)CN(c1cc(C)ccc1OC)S(=O)(=O)c1ccccc1. The Labute approximate surface area is 243 Å². The van der Waals surface area contributed by atoms with Crippen LogP contribution >= 0.6 is 0 Å². The van der Waals surface area contributed by atoms with Crippen LogP contribution in [0.2, 0.25) is 0 Å². The first kappa shape index (κ1) is 31.5. The van der Waals surface area contributed by atoms with Gasteiger partial charge in [-0.2, -0.15) is 0 Å². The van der Waals surface area contributed by atoms with E-state index in [1.807, 2.05) is 19.9 Å². The molecule has 1 N–H and O–H groups in total. The summed E-state index contributed by atoms with van der Waals surface area (Å²) in [6, 6.07) is 19.4. The Bertz CT molecular complexity index is 1430. The predicted octanol–water partition coefficient (Wildman–Crippen LogP) is 4.54. The highest BCUT2D eigenvalue weighted by Crippen LogP contribution is 2.33. The number of hydrogen-bond acceptors (Lipinski definition) is 6. The number of amides is 2. The van der Waals surface area contributed by atoms with E-state index in [1.165, 1.54) is 24.1 Å². The zero-order valence-electron chi connectivity index (χ0n) is 24.3. The van der Waals surface area contributed by atoms with Crippen LogP contribution in [0.3, 0.4) is 0 Å². The van der Waals surface area contributed by atoms with E-state index in [4.69, 9.17) is 9.47 Å². The van der Waals surface area contributed by atoms with Gasteiger partial charge in [0.05, 0.1) is 24.8 Å². The lowest BCUT2D eigenvalue weighted by Gasteiger charge is -2.32. The molecule has 0 heterocycles. The van der Waals surface area contributed by atoms with Crippen LogP contribution in [0, 0.1) is 6.92 Å². The molecule has 0 fully saturated rings. The molecule has 0 bridgehead atoms. The van der Waals surface area contributed by atoms with Gasteiger partial charge in [-0.15, -0.1) is 0 Å². The predicted molar refractivity (Wildman–Crippen MR) is 160 cm³/mol. The van der Waals surface area contributed by atoms with Gasteiger partial charge in [0.15, 0.2) is 0 Å². The zero-order chi connectivity index (χ0) is 30.0. The lowest BCUT2D eigenvalue weighted by Crippen LogP contribution is -2.51. The molecule has 2 amide bonds. The molecule has 1 atom stereocenters. The number of rotatable bonds is 14. The molecule has 0 saturated heterocycles. The van der Waals surface area contributed by atoms with Crippen molar-refractivity contribution in [1.82, 2.24) is 10.2 Å². The molecule has 0 unspecified atom stereocenters.